The molecule has 0 bridgehead atoms. The summed E-state index contributed by atoms with van der Waals surface area (Å²) in [6.07, 6.45) is 4.87. The zero-order valence-corrected chi connectivity index (χ0v) is 12.4. The van der Waals surface area contributed by atoms with Crippen LogP contribution in [0, 0.1) is 6.92 Å². The number of hydrogen-bond donors (Lipinski definition) is 1. The summed E-state index contributed by atoms with van der Waals surface area (Å²) in [7, 11) is 0. The number of hydrogen-bond acceptors (Lipinski definition) is 3. The Bertz CT molecular complexity index is 628. The number of nitrogen functional groups attached to an aromatic ring is 1. The van der Waals surface area contributed by atoms with Gasteiger partial charge in [-0.3, -0.25) is 4.98 Å². The number of rotatable bonds is 2. The van der Waals surface area contributed by atoms with Crippen molar-refractivity contribution in [1.29, 1.82) is 0 Å². The Labute approximate surface area is 120 Å². The van der Waals surface area contributed by atoms with E-state index in [9.17, 15) is 0 Å². The number of aryl methyl sites for hydroxylation is 1. The average molecular weight is 269 g/mol. The quantitative estimate of drug-likeness (QED) is 0.904. The number of benzene rings is 1. The average Bonchev–Trinajstić information content (AvgIpc) is 2.51. The van der Waals surface area contributed by atoms with E-state index < -0.39 is 0 Å². The Hall–Kier alpha value is -1.77. The van der Waals surface area contributed by atoms with Crippen LogP contribution in [0.25, 0.3) is 10.9 Å². The number of anilines is 2. The second-order valence-corrected chi connectivity index (χ2v) is 5.70. The van der Waals surface area contributed by atoms with E-state index in [4.69, 9.17) is 10.7 Å². The fourth-order valence-corrected chi connectivity index (χ4v) is 3.12. The van der Waals surface area contributed by atoms with Gasteiger partial charge in [-0.15, -0.1) is 0 Å². The maximum absolute atomic E-state index is 6.33. The first-order valence-corrected chi connectivity index (χ1v) is 7.64. The fraction of sp³-hybridized carbons (Fsp3) is 0.471. The van der Waals surface area contributed by atoms with Crippen LogP contribution in [0.15, 0.2) is 18.2 Å². The number of aromatic nitrogens is 1. The molecular formula is C17H23N3. The number of nitrogens with two attached hydrogens (primary N) is 1. The molecule has 1 aromatic heterocycles. The molecule has 0 saturated carbocycles. The molecule has 20 heavy (non-hydrogen) atoms. The van der Waals surface area contributed by atoms with Gasteiger partial charge in [0.05, 0.1) is 5.52 Å². The molecule has 0 aliphatic carbocycles. The second kappa shape index (κ2) is 5.31. The summed E-state index contributed by atoms with van der Waals surface area (Å²) in [6, 6.07) is 6.53. The van der Waals surface area contributed by atoms with E-state index in [2.05, 4.69) is 36.9 Å². The van der Waals surface area contributed by atoms with Crippen LogP contribution < -0.4 is 10.6 Å². The Morgan fingerprint density at radius 2 is 1.95 bits per heavy atom. The number of fused-ring (bicyclic) bond motifs is 1. The normalized spacial score (nSPS) is 15.8. The molecule has 2 N–H and O–H groups in total. The molecule has 1 aliphatic rings. The molecule has 1 aromatic carbocycles. The van der Waals surface area contributed by atoms with Gasteiger partial charge < -0.3 is 10.6 Å². The predicted octanol–water partition coefficient (Wildman–Crippen LogP) is 3.68. The summed E-state index contributed by atoms with van der Waals surface area (Å²) in [4.78, 5) is 7.21. The van der Waals surface area contributed by atoms with Crippen molar-refractivity contribution in [3.63, 3.8) is 0 Å². The Morgan fingerprint density at radius 3 is 2.65 bits per heavy atom. The van der Waals surface area contributed by atoms with Crippen molar-refractivity contribution in [2.75, 3.05) is 23.7 Å². The third-order valence-electron chi connectivity index (χ3n) is 4.42. The van der Waals surface area contributed by atoms with Crippen LogP contribution in [0.1, 0.15) is 37.4 Å². The van der Waals surface area contributed by atoms with Crippen molar-refractivity contribution in [3.05, 3.63) is 29.5 Å². The minimum Gasteiger partial charge on any atom is -0.398 e. The highest BCUT2D eigenvalue weighted by Gasteiger charge is 2.13. The molecule has 1 saturated heterocycles. The Balaban J connectivity index is 2.08. The minimum atomic E-state index is 0.894. The third-order valence-corrected chi connectivity index (χ3v) is 4.42. The standard InChI is InChI=1S/C17H23N3/c1-3-15-12(2)17(18)14-11-13(7-8-16(14)19-15)20-9-5-4-6-10-20/h7-8,11H,3-6,9-10H2,1-2H3,(H2,18,19). The predicted molar refractivity (Wildman–Crippen MR) is 86.3 cm³/mol. The molecule has 0 radical (unpaired) electrons. The van der Waals surface area contributed by atoms with Gasteiger partial charge in [0.25, 0.3) is 0 Å². The van der Waals surface area contributed by atoms with Gasteiger partial charge in [-0.2, -0.15) is 0 Å². The van der Waals surface area contributed by atoms with E-state index in [-0.39, 0.29) is 0 Å². The van der Waals surface area contributed by atoms with Crippen LogP contribution in [0.4, 0.5) is 11.4 Å². The van der Waals surface area contributed by atoms with E-state index in [0.29, 0.717) is 0 Å². The highest BCUT2D eigenvalue weighted by molar-refractivity contribution is 5.94. The molecular weight excluding hydrogens is 246 g/mol. The van der Waals surface area contributed by atoms with Gasteiger partial charge in [0.15, 0.2) is 0 Å². The van der Waals surface area contributed by atoms with Gasteiger partial charge in [-0.25, -0.2) is 0 Å². The Morgan fingerprint density at radius 1 is 1.20 bits per heavy atom. The molecule has 0 amide bonds. The van der Waals surface area contributed by atoms with Gasteiger partial charge >= 0.3 is 0 Å². The highest BCUT2D eigenvalue weighted by Crippen LogP contribution is 2.30. The van der Waals surface area contributed by atoms with E-state index in [0.717, 1.165) is 47.4 Å². The van der Waals surface area contributed by atoms with Crippen LogP contribution in [-0.2, 0) is 6.42 Å². The SMILES string of the molecule is CCc1nc2ccc(N3CCCCC3)cc2c(N)c1C. The monoisotopic (exact) mass is 269 g/mol. The second-order valence-electron chi connectivity index (χ2n) is 5.70. The lowest BCUT2D eigenvalue weighted by Gasteiger charge is -2.29. The zero-order chi connectivity index (χ0) is 14.1. The summed E-state index contributed by atoms with van der Waals surface area (Å²) in [6.45, 7) is 6.52. The number of pyridine rings is 1. The lowest BCUT2D eigenvalue weighted by molar-refractivity contribution is 0.578. The third kappa shape index (κ3) is 2.21. The molecule has 0 spiro atoms. The van der Waals surface area contributed by atoms with Crippen LogP contribution in [0.5, 0.6) is 0 Å². The summed E-state index contributed by atoms with van der Waals surface area (Å²) in [5.74, 6) is 0. The number of nitrogens with zero attached hydrogens (tertiary/aromatic N) is 2. The molecule has 2 heterocycles. The molecule has 1 aliphatic heterocycles. The van der Waals surface area contributed by atoms with Gasteiger partial charge in [-0.1, -0.05) is 6.92 Å². The molecule has 0 atom stereocenters. The van der Waals surface area contributed by atoms with Crippen LogP contribution in [0.3, 0.4) is 0 Å². The van der Waals surface area contributed by atoms with Crippen molar-refractivity contribution in [3.8, 4) is 0 Å². The van der Waals surface area contributed by atoms with Gasteiger partial charge in [0, 0.05) is 35.5 Å². The molecule has 1 fully saturated rings. The summed E-state index contributed by atoms with van der Waals surface area (Å²) in [5, 5.41) is 1.10. The smallest absolute Gasteiger partial charge is 0.0727 e. The largest absolute Gasteiger partial charge is 0.398 e. The Kier molecular flexibility index (Phi) is 3.51. The van der Waals surface area contributed by atoms with Crippen LogP contribution in [-0.4, -0.2) is 18.1 Å². The van der Waals surface area contributed by atoms with Crippen molar-refractivity contribution < 1.29 is 0 Å². The van der Waals surface area contributed by atoms with Gasteiger partial charge in [0.2, 0.25) is 0 Å². The summed E-state index contributed by atoms with van der Waals surface area (Å²) < 4.78 is 0. The highest BCUT2D eigenvalue weighted by atomic mass is 15.1. The molecule has 3 rings (SSSR count). The van der Waals surface area contributed by atoms with Crippen LogP contribution in [0.2, 0.25) is 0 Å². The maximum atomic E-state index is 6.33. The fourth-order valence-electron chi connectivity index (χ4n) is 3.12. The van der Waals surface area contributed by atoms with E-state index >= 15 is 0 Å². The first-order chi connectivity index (χ1) is 9.70. The zero-order valence-electron chi connectivity index (χ0n) is 12.4. The molecule has 106 valence electrons. The van der Waals surface area contributed by atoms with Crippen molar-refractivity contribution in [2.24, 2.45) is 0 Å². The molecule has 3 heteroatoms. The topological polar surface area (TPSA) is 42.2 Å². The molecule has 2 aromatic rings. The van der Waals surface area contributed by atoms with E-state index in [1.807, 2.05) is 0 Å². The molecule has 0 unspecified atom stereocenters. The van der Waals surface area contributed by atoms with Crippen molar-refractivity contribution in [1.82, 2.24) is 4.98 Å². The lowest BCUT2D eigenvalue weighted by atomic mass is 10.0. The molecule has 3 nitrogen and oxygen atoms in total. The number of piperidine rings is 1. The van der Waals surface area contributed by atoms with Gasteiger partial charge in [0.1, 0.15) is 0 Å². The van der Waals surface area contributed by atoms with E-state index in [1.54, 1.807) is 0 Å². The van der Waals surface area contributed by atoms with Crippen molar-refractivity contribution in [2.45, 2.75) is 39.5 Å². The van der Waals surface area contributed by atoms with Crippen molar-refractivity contribution >= 4 is 22.3 Å². The first-order valence-electron chi connectivity index (χ1n) is 7.64. The van der Waals surface area contributed by atoms with E-state index in [1.165, 1.54) is 24.9 Å². The lowest BCUT2D eigenvalue weighted by Crippen LogP contribution is -2.29. The van der Waals surface area contributed by atoms with Crippen LogP contribution >= 0.6 is 0 Å². The minimum absolute atomic E-state index is 0.894. The summed E-state index contributed by atoms with van der Waals surface area (Å²) >= 11 is 0. The first kappa shape index (κ1) is 13.2. The van der Waals surface area contributed by atoms with Gasteiger partial charge in [-0.05, 0) is 56.4 Å². The summed E-state index contributed by atoms with van der Waals surface area (Å²) in [5.41, 5.74) is 11.8. The maximum Gasteiger partial charge on any atom is 0.0727 e.